The van der Waals surface area contributed by atoms with Crippen molar-refractivity contribution in [2.24, 2.45) is 0 Å². The van der Waals surface area contributed by atoms with Gasteiger partial charge >= 0.3 is 0 Å². The Balaban J connectivity index is 1.01. The van der Waals surface area contributed by atoms with E-state index in [1.165, 1.54) is 263 Å². The Morgan fingerprint density at radius 1 is 0.330 bits per heavy atom. The van der Waals surface area contributed by atoms with Gasteiger partial charge in [0.1, 0.15) is 16.8 Å². The van der Waals surface area contributed by atoms with Crippen molar-refractivity contribution in [2.45, 2.75) is 233 Å². The standard InChI is InChI=1S/C89H102N2OS5/c1-9-14-19-24-25-30-55-92-85-62(8)81(83-84(91-97-90-83)82(85)79-52-35-60(6)93-79)78-54-53-77(95-78)80-59-76-87(96-80)72-58-73-71(57-74(72)89(76,69-48-40-65(41-49-69)33-28-22-17-12-4)70-50-42-66(43-51-70)34-29-23-18-13-5)86-75(56-61(7)94-86)88(73,67-44-36-63(37-45-67)31-26-20-15-10-2)68-46-38-64(39-47-68)32-27-21-16-11-3/h35-54,56-59H,9-34,55H2,1-8H3. The smallest absolute Gasteiger partial charge is 0.133 e. The minimum atomic E-state index is -0.597. The molecule has 0 unspecified atom stereocenters. The van der Waals surface area contributed by atoms with E-state index in [-0.39, 0.29) is 0 Å². The summed E-state index contributed by atoms with van der Waals surface area (Å²) in [6.45, 7) is 19.1. The van der Waals surface area contributed by atoms with Crippen LogP contribution in [0.1, 0.15) is 258 Å². The van der Waals surface area contributed by atoms with Gasteiger partial charge in [0.25, 0.3) is 0 Å². The molecule has 0 atom stereocenters. The molecule has 0 aliphatic heterocycles. The van der Waals surface area contributed by atoms with E-state index in [4.69, 9.17) is 13.5 Å². The highest BCUT2D eigenvalue weighted by molar-refractivity contribution is 7.25. The van der Waals surface area contributed by atoms with Crippen LogP contribution in [0.3, 0.4) is 0 Å². The van der Waals surface area contributed by atoms with Gasteiger partial charge in [0, 0.05) is 50.1 Å². The van der Waals surface area contributed by atoms with Gasteiger partial charge in [-0.2, -0.15) is 8.75 Å². The zero-order valence-corrected chi connectivity index (χ0v) is 63.4. The Hall–Kier alpha value is -6.26. The van der Waals surface area contributed by atoms with Gasteiger partial charge in [0.15, 0.2) is 0 Å². The first-order valence-electron chi connectivity index (χ1n) is 37.6. The van der Waals surface area contributed by atoms with Crippen LogP contribution in [-0.2, 0) is 36.5 Å². The molecule has 11 aromatic rings. The van der Waals surface area contributed by atoms with Crippen molar-refractivity contribution in [3.05, 3.63) is 228 Å². The highest BCUT2D eigenvalue weighted by atomic mass is 32.1. The fraction of sp³-hybridized carbons (Fsp3) is 0.416. The summed E-state index contributed by atoms with van der Waals surface area (Å²) in [5, 5.41) is 0. The monoisotopic (exact) mass is 1370 g/mol. The van der Waals surface area contributed by atoms with Gasteiger partial charge in [-0.3, -0.25) is 0 Å². The summed E-state index contributed by atoms with van der Waals surface area (Å²) < 4.78 is 17.3. The molecule has 0 amide bonds. The molecule has 0 saturated heterocycles. The number of unbranched alkanes of at least 4 members (excludes halogenated alkanes) is 17. The highest BCUT2D eigenvalue weighted by Crippen LogP contribution is 2.66. The van der Waals surface area contributed by atoms with Crippen molar-refractivity contribution in [3.8, 4) is 57.3 Å². The zero-order valence-electron chi connectivity index (χ0n) is 59.3. The van der Waals surface area contributed by atoms with Crippen LogP contribution < -0.4 is 4.74 Å². The second-order valence-corrected chi connectivity index (χ2v) is 33.5. The average molecular weight is 1380 g/mol. The maximum Gasteiger partial charge on any atom is 0.133 e. The number of thiophene rings is 4. The first-order valence-corrected chi connectivity index (χ1v) is 41.6. The van der Waals surface area contributed by atoms with Crippen LogP contribution in [-0.4, -0.2) is 15.4 Å². The number of aromatic nitrogens is 2. The van der Waals surface area contributed by atoms with E-state index in [1.54, 1.807) is 0 Å². The molecule has 2 aliphatic rings. The summed E-state index contributed by atoms with van der Waals surface area (Å²) in [6, 6.07) is 59.9. The number of hydrogen-bond acceptors (Lipinski definition) is 8. The van der Waals surface area contributed by atoms with Crippen molar-refractivity contribution >= 4 is 68.1 Å². The highest BCUT2D eigenvalue weighted by Gasteiger charge is 2.53. The molecule has 0 spiro atoms. The van der Waals surface area contributed by atoms with Crippen LogP contribution in [0.4, 0.5) is 0 Å². The molecule has 0 N–H and O–H groups in total. The zero-order chi connectivity index (χ0) is 66.9. The van der Waals surface area contributed by atoms with Gasteiger partial charge in [-0.1, -0.05) is 241 Å². The Bertz CT molecular complexity index is 4280. The molecular formula is C89H102N2OS5. The molecule has 13 rings (SSSR count). The Kier molecular flexibility index (Phi) is 22.8. The topological polar surface area (TPSA) is 35.0 Å². The molecule has 0 fully saturated rings. The van der Waals surface area contributed by atoms with Crippen molar-refractivity contribution in [1.82, 2.24) is 8.75 Å². The van der Waals surface area contributed by atoms with E-state index in [0.29, 0.717) is 6.61 Å². The van der Waals surface area contributed by atoms with Crippen LogP contribution in [0.5, 0.6) is 5.75 Å². The van der Waals surface area contributed by atoms with Gasteiger partial charge in [0.05, 0.1) is 34.7 Å². The predicted molar refractivity (Wildman–Crippen MR) is 424 cm³/mol. The van der Waals surface area contributed by atoms with Gasteiger partial charge in [-0.25, -0.2) is 0 Å². The number of benzene rings is 6. The molecule has 0 radical (unpaired) electrons. The van der Waals surface area contributed by atoms with E-state index >= 15 is 0 Å². The Morgan fingerprint density at radius 2 is 0.722 bits per heavy atom. The Morgan fingerprint density at radius 3 is 1.18 bits per heavy atom. The predicted octanol–water partition coefficient (Wildman–Crippen LogP) is 27.8. The largest absolute Gasteiger partial charge is 0.493 e. The lowest BCUT2D eigenvalue weighted by molar-refractivity contribution is 0.304. The summed E-state index contributed by atoms with van der Waals surface area (Å²) in [7, 11) is 0. The van der Waals surface area contributed by atoms with E-state index in [1.807, 2.05) is 45.3 Å². The van der Waals surface area contributed by atoms with Crippen molar-refractivity contribution in [1.29, 1.82) is 0 Å². The molecule has 0 saturated carbocycles. The normalized spacial score (nSPS) is 13.4. The van der Waals surface area contributed by atoms with E-state index in [2.05, 4.69) is 201 Å². The summed E-state index contributed by atoms with van der Waals surface area (Å²) in [5.74, 6) is 0.959. The third-order valence-corrected chi connectivity index (χ3v) is 26.5. The molecule has 5 heterocycles. The maximum atomic E-state index is 7.05. The van der Waals surface area contributed by atoms with Gasteiger partial charge in [0.2, 0.25) is 0 Å². The molecule has 0 bridgehead atoms. The molecule has 504 valence electrons. The van der Waals surface area contributed by atoms with Crippen LogP contribution in [0.25, 0.3) is 62.6 Å². The minimum Gasteiger partial charge on any atom is -0.493 e. The third-order valence-electron chi connectivity index (χ3n) is 21.4. The molecule has 5 aromatic heterocycles. The quantitative estimate of drug-likeness (QED) is 0.0371. The van der Waals surface area contributed by atoms with E-state index in [9.17, 15) is 0 Å². The van der Waals surface area contributed by atoms with Crippen LogP contribution in [0, 0.1) is 20.8 Å². The lowest BCUT2D eigenvalue weighted by atomic mass is 9.65. The van der Waals surface area contributed by atoms with Gasteiger partial charge in [-0.15, -0.1) is 45.3 Å². The molecule has 6 aromatic carbocycles. The SMILES string of the molecule is CCCCCCCCOc1c(C)c(-c2ccc(-c3cc4c(s3)-c3cc5c(cc3C4(c3ccc(CCCCCC)cc3)c3ccc(CCCCCC)cc3)-c3sc(C)cc3C5(c3ccc(CCCCCC)cc3)c3ccc(CCCCCC)cc3)s2)c2nsnc2c1-c1ccc(C)s1. The molecule has 8 heteroatoms. The van der Waals surface area contributed by atoms with Crippen molar-refractivity contribution < 1.29 is 4.74 Å². The van der Waals surface area contributed by atoms with E-state index in [0.717, 1.165) is 65.6 Å². The first kappa shape index (κ1) is 69.2. The minimum absolute atomic E-state index is 0.526. The summed E-state index contributed by atoms with van der Waals surface area (Å²) in [5.41, 5.74) is 23.7. The summed E-state index contributed by atoms with van der Waals surface area (Å²) in [6.07, 6.45) is 31.9. The average Bonchev–Trinajstić information content (AvgIpc) is 1.51. The number of nitrogens with zero attached hydrogens (tertiary/aromatic N) is 2. The summed E-state index contributed by atoms with van der Waals surface area (Å²) >= 11 is 9.05. The molecule has 2 aliphatic carbocycles. The fourth-order valence-corrected chi connectivity index (χ4v) is 21.2. The molecular weight excluding hydrogens is 1270 g/mol. The number of ether oxygens (including phenoxy) is 1. The number of rotatable bonds is 35. The van der Waals surface area contributed by atoms with Crippen molar-refractivity contribution in [3.63, 3.8) is 0 Å². The molecule has 97 heavy (non-hydrogen) atoms. The van der Waals surface area contributed by atoms with Gasteiger partial charge < -0.3 is 4.74 Å². The second kappa shape index (κ2) is 31.9. The lowest BCUT2D eigenvalue weighted by Crippen LogP contribution is -2.30. The first-order chi connectivity index (χ1) is 47.6. The lowest BCUT2D eigenvalue weighted by Gasteiger charge is -2.35. The van der Waals surface area contributed by atoms with Crippen LogP contribution in [0.2, 0.25) is 0 Å². The van der Waals surface area contributed by atoms with Gasteiger partial charge in [-0.05, 0) is 205 Å². The second-order valence-electron chi connectivity index (χ2n) is 28.3. The van der Waals surface area contributed by atoms with Crippen LogP contribution >= 0.6 is 57.1 Å². The molecule has 3 nitrogen and oxygen atoms in total. The summed E-state index contributed by atoms with van der Waals surface area (Å²) in [4.78, 5) is 10.4. The van der Waals surface area contributed by atoms with E-state index < -0.39 is 10.8 Å². The van der Waals surface area contributed by atoms with Crippen molar-refractivity contribution in [2.75, 3.05) is 6.61 Å². The number of hydrogen-bond donors (Lipinski definition) is 0. The third kappa shape index (κ3) is 13.9. The number of fused-ring (bicyclic) bond motifs is 7. The van der Waals surface area contributed by atoms with Crippen LogP contribution in [0.15, 0.2) is 146 Å². The maximum absolute atomic E-state index is 7.05. The Labute approximate surface area is 601 Å². The number of aryl methyl sites for hydroxylation is 6. The fourth-order valence-electron chi connectivity index (χ4n) is 16.2.